The molecule has 2 aromatic rings. The Balaban J connectivity index is 1.83. The van der Waals surface area contributed by atoms with Crippen LogP contribution in [0, 0.1) is 0 Å². The Kier molecular flexibility index (Phi) is 5.35. The van der Waals surface area contributed by atoms with Crippen molar-refractivity contribution >= 4 is 5.97 Å². The largest absolute Gasteiger partial charge is 0.489 e. The van der Waals surface area contributed by atoms with Crippen molar-refractivity contribution in [3.63, 3.8) is 0 Å². The number of benzene rings is 2. The lowest BCUT2D eigenvalue weighted by Crippen LogP contribution is -2.30. The lowest BCUT2D eigenvalue weighted by atomic mass is 10.1. The zero-order valence-electron chi connectivity index (χ0n) is 11.7. The highest BCUT2D eigenvalue weighted by molar-refractivity contribution is 5.73. The normalized spacial score (nSPS) is 11.9. The number of nitrogens with two attached hydrogens (primary N) is 1. The van der Waals surface area contributed by atoms with Gasteiger partial charge >= 0.3 is 5.97 Å². The molecule has 0 radical (unpaired) electrons. The van der Waals surface area contributed by atoms with Crippen molar-refractivity contribution in [2.75, 3.05) is 0 Å². The fourth-order valence-corrected chi connectivity index (χ4v) is 1.94. The Labute approximate surface area is 124 Å². The third kappa shape index (κ3) is 4.93. The van der Waals surface area contributed by atoms with Crippen LogP contribution in [0.2, 0.25) is 0 Å². The lowest BCUT2D eigenvalue weighted by Gasteiger charge is -2.08. The van der Waals surface area contributed by atoms with Crippen molar-refractivity contribution in [1.82, 2.24) is 0 Å². The fourth-order valence-electron chi connectivity index (χ4n) is 1.94. The van der Waals surface area contributed by atoms with E-state index in [2.05, 4.69) is 0 Å². The van der Waals surface area contributed by atoms with Crippen LogP contribution in [0.5, 0.6) is 5.75 Å². The van der Waals surface area contributed by atoms with E-state index < -0.39 is 12.0 Å². The Morgan fingerprint density at radius 1 is 1.05 bits per heavy atom. The highest BCUT2D eigenvalue weighted by Crippen LogP contribution is 2.15. The first kappa shape index (κ1) is 15.1. The summed E-state index contributed by atoms with van der Waals surface area (Å²) < 4.78 is 5.69. The second-order valence-electron chi connectivity index (χ2n) is 4.90. The molecule has 0 aliphatic heterocycles. The van der Waals surface area contributed by atoms with Gasteiger partial charge in [0.05, 0.1) is 0 Å². The second kappa shape index (κ2) is 7.45. The van der Waals surface area contributed by atoms with E-state index in [0.717, 1.165) is 16.9 Å². The molecule has 1 atom stereocenters. The average Bonchev–Trinajstić information content (AvgIpc) is 2.52. The van der Waals surface area contributed by atoms with Crippen LogP contribution in [0.15, 0.2) is 54.6 Å². The summed E-state index contributed by atoms with van der Waals surface area (Å²) in [6, 6.07) is 16.8. The maximum atomic E-state index is 10.6. The number of carboxylic acids is 1. The standard InChI is InChI=1S/C17H19NO3/c18-16(17(19)20)11-8-13-6-9-15(10-7-13)21-12-14-4-2-1-3-5-14/h1-7,9-10,16H,8,11-12,18H2,(H,19,20)/t16-/m0/s1. The maximum absolute atomic E-state index is 10.6. The molecular formula is C17H19NO3. The molecule has 0 bridgehead atoms. The first-order valence-electron chi connectivity index (χ1n) is 6.89. The monoisotopic (exact) mass is 285 g/mol. The van der Waals surface area contributed by atoms with Crippen molar-refractivity contribution in [3.8, 4) is 5.75 Å². The predicted octanol–water partition coefficient (Wildman–Crippen LogP) is 2.61. The van der Waals surface area contributed by atoms with Crippen LogP contribution < -0.4 is 10.5 Å². The molecule has 21 heavy (non-hydrogen) atoms. The molecule has 0 heterocycles. The van der Waals surface area contributed by atoms with Crippen LogP contribution >= 0.6 is 0 Å². The number of carbonyl (C=O) groups is 1. The summed E-state index contributed by atoms with van der Waals surface area (Å²) in [6.45, 7) is 0.532. The van der Waals surface area contributed by atoms with Gasteiger partial charge in [-0.2, -0.15) is 0 Å². The molecule has 110 valence electrons. The molecule has 0 fully saturated rings. The summed E-state index contributed by atoms with van der Waals surface area (Å²) in [7, 11) is 0. The second-order valence-corrected chi connectivity index (χ2v) is 4.90. The number of hydrogen-bond acceptors (Lipinski definition) is 3. The van der Waals surface area contributed by atoms with E-state index in [-0.39, 0.29) is 0 Å². The molecule has 0 amide bonds. The van der Waals surface area contributed by atoms with Gasteiger partial charge in [0.15, 0.2) is 0 Å². The third-order valence-electron chi connectivity index (χ3n) is 3.23. The molecule has 3 N–H and O–H groups in total. The highest BCUT2D eigenvalue weighted by atomic mass is 16.5. The zero-order valence-corrected chi connectivity index (χ0v) is 11.7. The molecule has 4 heteroatoms. The quantitative estimate of drug-likeness (QED) is 0.820. The number of aliphatic carboxylic acids is 1. The maximum Gasteiger partial charge on any atom is 0.320 e. The van der Waals surface area contributed by atoms with Crippen molar-refractivity contribution in [3.05, 3.63) is 65.7 Å². The Morgan fingerprint density at radius 3 is 2.33 bits per heavy atom. The van der Waals surface area contributed by atoms with Crippen LogP contribution in [0.4, 0.5) is 0 Å². The first-order chi connectivity index (χ1) is 10.1. The number of hydrogen-bond donors (Lipinski definition) is 2. The van der Waals surface area contributed by atoms with E-state index in [1.165, 1.54) is 0 Å². The molecule has 0 saturated carbocycles. The summed E-state index contributed by atoms with van der Waals surface area (Å²) in [4.78, 5) is 10.6. The lowest BCUT2D eigenvalue weighted by molar-refractivity contribution is -0.138. The van der Waals surface area contributed by atoms with Gasteiger partial charge in [-0.15, -0.1) is 0 Å². The van der Waals surface area contributed by atoms with Gasteiger partial charge in [-0.1, -0.05) is 42.5 Å². The van der Waals surface area contributed by atoms with Gasteiger partial charge in [-0.05, 0) is 36.1 Å². The predicted molar refractivity (Wildman–Crippen MR) is 81.1 cm³/mol. The summed E-state index contributed by atoms with van der Waals surface area (Å²) in [6.07, 6.45) is 1.08. The number of aryl methyl sites for hydroxylation is 1. The SMILES string of the molecule is N[C@@H](CCc1ccc(OCc2ccccc2)cc1)C(=O)O. The van der Waals surface area contributed by atoms with E-state index in [1.807, 2.05) is 54.6 Å². The first-order valence-corrected chi connectivity index (χ1v) is 6.89. The minimum absolute atomic E-state index is 0.430. The Morgan fingerprint density at radius 2 is 1.71 bits per heavy atom. The van der Waals surface area contributed by atoms with E-state index in [9.17, 15) is 4.79 Å². The number of carboxylic acid groups (broad SMARTS) is 1. The van der Waals surface area contributed by atoms with Crippen molar-refractivity contribution in [1.29, 1.82) is 0 Å². The van der Waals surface area contributed by atoms with Gasteiger partial charge in [-0.3, -0.25) is 4.79 Å². The highest BCUT2D eigenvalue weighted by Gasteiger charge is 2.10. The molecule has 0 unspecified atom stereocenters. The zero-order chi connectivity index (χ0) is 15.1. The Hall–Kier alpha value is -2.33. The molecule has 0 aromatic heterocycles. The van der Waals surface area contributed by atoms with Crippen LogP contribution in [-0.2, 0) is 17.8 Å². The van der Waals surface area contributed by atoms with Crippen LogP contribution in [0.1, 0.15) is 17.5 Å². The van der Waals surface area contributed by atoms with Gasteiger partial charge in [0.1, 0.15) is 18.4 Å². The molecule has 4 nitrogen and oxygen atoms in total. The smallest absolute Gasteiger partial charge is 0.320 e. The minimum atomic E-state index is -0.960. The number of rotatable bonds is 7. The van der Waals surface area contributed by atoms with E-state index >= 15 is 0 Å². The van der Waals surface area contributed by atoms with Gasteiger partial charge < -0.3 is 15.6 Å². The number of ether oxygens (including phenoxy) is 1. The van der Waals surface area contributed by atoms with Crippen molar-refractivity contribution < 1.29 is 14.6 Å². The molecule has 0 aliphatic carbocycles. The van der Waals surface area contributed by atoms with Gasteiger partial charge in [0, 0.05) is 0 Å². The van der Waals surface area contributed by atoms with Crippen LogP contribution in [-0.4, -0.2) is 17.1 Å². The molecule has 2 aromatic carbocycles. The van der Waals surface area contributed by atoms with Gasteiger partial charge in [-0.25, -0.2) is 0 Å². The minimum Gasteiger partial charge on any atom is -0.489 e. The van der Waals surface area contributed by atoms with E-state index in [4.69, 9.17) is 15.6 Å². The molecule has 0 aliphatic rings. The van der Waals surface area contributed by atoms with E-state index in [1.54, 1.807) is 0 Å². The van der Waals surface area contributed by atoms with Crippen LogP contribution in [0.25, 0.3) is 0 Å². The summed E-state index contributed by atoms with van der Waals surface area (Å²) in [5.41, 5.74) is 7.66. The summed E-state index contributed by atoms with van der Waals surface area (Å²) in [5.74, 6) is -0.164. The average molecular weight is 285 g/mol. The van der Waals surface area contributed by atoms with Crippen molar-refractivity contribution in [2.24, 2.45) is 5.73 Å². The van der Waals surface area contributed by atoms with Crippen LogP contribution in [0.3, 0.4) is 0 Å². The Bertz CT molecular complexity index is 566. The molecule has 0 saturated heterocycles. The fraction of sp³-hybridized carbons (Fsp3) is 0.235. The molecule has 0 spiro atoms. The summed E-state index contributed by atoms with van der Waals surface area (Å²) in [5, 5.41) is 8.74. The third-order valence-corrected chi connectivity index (χ3v) is 3.23. The van der Waals surface area contributed by atoms with Gasteiger partial charge in [0.25, 0.3) is 0 Å². The van der Waals surface area contributed by atoms with Gasteiger partial charge in [0.2, 0.25) is 0 Å². The van der Waals surface area contributed by atoms with E-state index in [0.29, 0.717) is 19.4 Å². The molecular weight excluding hydrogens is 266 g/mol. The van der Waals surface area contributed by atoms with Crippen molar-refractivity contribution in [2.45, 2.75) is 25.5 Å². The molecule has 2 rings (SSSR count). The summed E-state index contributed by atoms with van der Waals surface area (Å²) >= 11 is 0. The topological polar surface area (TPSA) is 72.5 Å².